The summed E-state index contributed by atoms with van der Waals surface area (Å²) in [7, 11) is 0. The summed E-state index contributed by atoms with van der Waals surface area (Å²) in [6, 6.07) is 0. The predicted molar refractivity (Wildman–Crippen MR) is 53.1 cm³/mol. The molecule has 2 nitrogen and oxygen atoms in total. The molecule has 1 N–H and O–H groups in total. The van der Waals surface area contributed by atoms with Crippen molar-refractivity contribution in [3.63, 3.8) is 0 Å². The highest BCUT2D eigenvalue weighted by molar-refractivity contribution is 4.85. The number of hydrogen-bond acceptors (Lipinski definition) is 2. The standard InChI is InChI=1S/C10H22N2/c1-9(2)10(3,4)12-7-5-6-11-8-12/h9,11H,5-8H2,1-4H3. The van der Waals surface area contributed by atoms with Crippen LogP contribution in [0.2, 0.25) is 0 Å². The van der Waals surface area contributed by atoms with Crippen LogP contribution in [0.1, 0.15) is 34.1 Å². The van der Waals surface area contributed by atoms with E-state index in [1.54, 1.807) is 0 Å². The minimum atomic E-state index is 0.341. The van der Waals surface area contributed by atoms with Crippen LogP contribution in [-0.4, -0.2) is 30.2 Å². The van der Waals surface area contributed by atoms with E-state index in [0.717, 1.165) is 12.6 Å². The SMILES string of the molecule is CC(C)C(C)(C)N1CCCNC1. The fourth-order valence-corrected chi connectivity index (χ4v) is 1.55. The molecule has 0 aliphatic carbocycles. The molecule has 0 aromatic carbocycles. The average molecular weight is 170 g/mol. The third-order valence-electron chi connectivity index (χ3n) is 3.31. The average Bonchev–Trinajstić information content (AvgIpc) is 2.06. The van der Waals surface area contributed by atoms with E-state index in [1.165, 1.54) is 19.5 Å². The van der Waals surface area contributed by atoms with Gasteiger partial charge in [0.25, 0.3) is 0 Å². The monoisotopic (exact) mass is 170 g/mol. The number of rotatable bonds is 2. The first-order valence-electron chi connectivity index (χ1n) is 5.01. The second kappa shape index (κ2) is 3.75. The molecule has 1 aliphatic rings. The molecule has 0 radical (unpaired) electrons. The summed E-state index contributed by atoms with van der Waals surface area (Å²) in [6.07, 6.45) is 1.29. The topological polar surface area (TPSA) is 15.3 Å². The highest BCUT2D eigenvalue weighted by atomic mass is 15.3. The van der Waals surface area contributed by atoms with Crippen LogP contribution in [-0.2, 0) is 0 Å². The fraction of sp³-hybridized carbons (Fsp3) is 1.00. The van der Waals surface area contributed by atoms with Gasteiger partial charge in [-0.25, -0.2) is 0 Å². The molecule has 1 fully saturated rings. The van der Waals surface area contributed by atoms with Crippen molar-refractivity contribution in [1.29, 1.82) is 0 Å². The van der Waals surface area contributed by atoms with Gasteiger partial charge in [0.15, 0.2) is 0 Å². The highest BCUT2D eigenvalue weighted by Gasteiger charge is 2.30. The summed E-state index contributed by atoms with van der Waals surface area (Å²) < 4.78 is 0. The Balaban J connectivity index is 2.53. The molecule has 0 aromatic heterocycles. The van der Waals surface area contributed by atoms with Gasteiger partial charge >= 0.3 is 0 Å². The van der Waals surface area contributed by atoms with E-state index < -0.39 is 0 Å². The molecule has 72 valence electrons. The Labute approximate surface area is 76.3 Å². The van der Waals surface area contributed by atoms with E-state index in [-0.39, 0.29) is 0 Å². The minimum absolute atomic E-state index is 0.341. The molecule has 0 atom stereocenters. The first-order valence-corrected chi connectivity index (χ1v) is 5.01. The van der Waals surface area contributed by atoms with Gasteiger partial charge in [-0.1, -0.05) is 13.8 Å². The van der Waals surface area contributed by atoms with E-state index in [4.69, 9.17) is 0 Å². The van der Waals surface area contributed by atoms with Crippen LogP contribution >= 0.6 is 0 Å². The lowest BCUT2D eigenvalue weighted by Gasteiger charge is -2.44. The zero-order valence-corrected chi connectivity index (χ0v) is 8.85. The van der Waals surface area contributed by atoms with Crippen molar-refractivity contribution in [2.75, 3.05) is 19.8 Å². The van der Waals surface area contributed by atoms with Gasteiger partial charge < -0.3 is 5.32 Å². The van der Waals surface area contributed by atoms with Gasteiger partial charge in [-0.15, -0.1) is 0 Å². The maximum atomic E-state index is 3.42. The second-order valence-electron chi connectivity index (χ2n) is 4.58. The first-order chi connectivity index (χ1) is 5.55. The lowest BCUT2D eigenvalue weighted by molar-refractivity contribution is 0.0512. The van der Waals surface area contributed by atoms with E-state index in [9.17, 15) is 0 Å². The van der Waals surface area contributed by atoms with Crippen LogP contribution in [0, 0.1) is 5.92 Å². The summed E-state index contributed by atoms with van der Waals surface area (Å²) in [5.41, 5.74) is 0.341. The summed E-state index contributed by atoms with van der Waals surface area (Å²) in [5, 5.41) is 3.42. The number of nitrogens with zero attached hydrogens (tertiary/aromatic N) is 1. The van der Waals surface area contributed by atoms with Gasteiger partial charge in [0.1, 0.15) is 0 Å². The smallest absolute Gasteiger partial charge is 0.0485 e. The fourth-order valence-electron chi connectivity index (χ4n) is 1.55. The maximum Gasteiger partial charge on any atom is 0.0485 e. The van der Waals surface area contributed by atoms with Crippen molar-refractivity contribution in [3.8, 4) is 0 Å². The third kappa shape index (κ3) is 1.99. The lowest BCUT2D eigenvalue weighted by atomic mass is 9.88. The van der Waals surface area contributed by atoms with Crippen molar-refractivity contribution in [2.24, 2.45) is 5.92 Å². The van der Waals surface area contributed by atoms with Crippen LogP contribution < -0.4 is 5.32 Å². The van der Waals surface area contributed by atoms with Crippen LogP contribution in [0.5, 0.6) is 0 Å². The van der Waals surface area contributed by atoms with Gasteiger partial charge in [0.05, 0.1) is 0 Å². The molecular weight excluding hydrogens is 148 g/mol. The Bertz CT molecular complexity index is 135. The molecule has 0 amide bonds. The molecule has 0 saturated carbocycles. The molecular formula is C10H22N2. The first kappa shape index (κ1) is 10.0. The third-order valence-corrected chi connectivity index (χ3v) is 3.31. The van der Waals surface area contributed by atoms with Crippen molar-refractivity contribution in [1.82, 2.24) is 10.2 Å². The van der Waals surface area contributed by atoms with Crippen molar-refractivity contribution < 1.29 is 0 Å². The molecule has 0 spiro atoms. The van der Waals surface area contributed by atoms with E-state index >= 15 is 0 Å². The van der Waals surface area contributed by atoms with Crippen LogP contribution in [0.4, 0.5) is 0 Å². The van der Waals surface area contributed by atoms with Crippen molar-refractivity contribution in [2.45, 2.75) is 39.7 Å². The normalized spacial score (nSPS) is 21.8. The van der Waals surface area contributed by atoms with Crippen molar-refractivity contribution in [3.05, 3.63) is 0 Å². The molecule has 1 rings (SSSR count). The molecule has 0 bridgehead atoms. The summed E-state index contributed by atoms with van der Waals surface area (Å²) in [5.74, 6) is 0.720. The number of nitrogens with one attached hydrogen (secondary N) is 1. The van der Waals surface area contributed by atoms with Crippen LogP contribution in [0.25, 0.3) is 0 Å². The highest BCUT2D eigenvalue weighted by Crippen LogP contribution is 2.24. The molecule has 0 aromatic rings. The zero-order chi connectivity index (χ0) is 9.19. The Kier molecular flexibility index (Phi) is 3.13. The zero-order valence-electron chi connectivity index (χ0n) is 8.85. The van der Waals surface area contributed by atoms with Gasteiger partial charge in [-0.05, 0) is 32.7 Å². The summed E-state index contributed by atoms with van der Waals surface area (Å²) in [6.45, 7) is 12.8. The van der Waals surface area contributed by atoms with E-state index in [2.05, 4.69) is 37.9 Å². The molecule has 2 heteroatoms. The summed E-state index contributed by atoms with van der Waals surface area (Å²) >= 11 is 0. The van der Waals surface area contributed by atoms with E-state index in [0.29, 0.717) is 5.54 Å². The van der Waals surface area contributed by atoms with Crippen LogP contribution in [0.15, 0.2) is 0 Å². The Morgan fingerprint density at radius 1 is 1.33 bits per heavy atom. The Hall–Kier alpha value is -0.0800. The van der Waals surface area contributed by atoms with Gasteiger partial charge in [-0.2, -0.15) is 0 Å². The predicted octanol–water partition coefficient (Wildman–Crippen LogP) is 1.67. The summed E-state index contributed by atoms with van der Waals surface area (Å²) in [4.78, 5) is 2.54. The Morgan fingerprint density at radius 3 is 2.42 bits per heavy atom. The van der Waals surface area contributed by atoms with Gasteiger partial charge in [0.2, 0.25) is 0 Å². The van der Waals surface area contributed by atoms with Crippen LogP contribution in [0.3, 0.4) is 0 Å². The second-order valence-corrected chi connectivity index (χ2v) is 4.58. The van der Waals surface area contributed by atoms with Gasteiger partial charge in [0, 0.05) is 18.8 Å². The molecule has 1 aliphatic heterocycles. The minimum Gasteiger partial charge on any atom is -0.304 e. The van der Waals surface area contributed by atoms with Gasteiger partial charge in [-0.3, -0.25) is 4.90 Å². The maximum absolute atomic E-state index is 3.42. The molecule has 12 heavy (non-hydrogen) atoms. The van der Waals surface area contributed by atoms with E-state index in [1.807, 2.05) is 0 Å². The lowest BCUT2D eigenvalue weighted by Crippen LogP contribution is -2.54. The molecule has 1 heterocycles. The number of hydrogen-bond donors (Lipinski definition) is 1. The quantitative estimate of drug-likeness (QED) is 0.678. The van der Waals surface area contributed by atoms with Crippen molar-refractivity contribution >= 4 is 0 Å². The Morgan fingerprint density at radius 2 is 2.00 bits per heavy atom. The largest absolute Gasteiger partial charge is 0.304 e. The molecule has 0 unspecified atom stereocenters. The molecule has 1 saturated heterocycles.